The van der Waals surface area contributed by atoms with Crippen molar-refractivity contribution in [2.75, 3.05) is 18.5 Å². The number of benzene rings is 2. The average Bonchev–Trinajstić information content (AvgIpc) is 3.08. The van der Waals surface area contributed by atoms with E-state index in [-0.39, 0.29) is 24.8 Å². The molecule has 0 spiro atoms. The lowest BCUT2D eigenvalue weighted by Gasteiger charge is -2.34. The Hall–Kier alpha value is -3.28. The number of para-hydroxylation sites is 2. The van der Waals surface area contributed by atoms with Crippen LogP contribution in [0, 0.1) is 13.8 Å². The van der Waals surface area contributed by atoms with Gasteiger partial charge in [0.05, 0.1) is 24.9 Å². The quantitative estimate of drug-likeness (QED) is 0.760. The summed E-state index contributed by atoms with van der Waals surface area (Å²) in [5, 5.41) is 3.53. The van der Waals surface area contributed by atoms with Gasteiger partial charge in [0.2, 0.25) is 5.91 Å². The van der Waals surface area contributed by atoms with Gasteiger partial charge in [0.1, 0.15) is 11.3 Å². The number of hydrogen-bond acceptors (Lipinski definition) is 4. The molecule has 2 heterocycles. The molecule has 6 heteroatoms. The predicted molar refractivity (Wildman–Crippen MR) is 107 cm³/mol. The number of furan rings is 1. The number of nitrogens with one attached hydrogen (secondary N) is 1. The molecule has 0 bridgehead atoms. The molecule has 1 atom stereocenters. The van der Waals surface area contributed by atoms with Gasteiger partial charge in [0.15, 0.2) is 6.10 Å². The largest absolute Gasteiger partial charge is 0.477 e. The zero-order chi connectivity index (χ0) is 19.8. The van der Waals surface area contributed by atoms with Crippen LogP contribution in [0.1, 0.15) is 16.7 Å². The van der Waals surface area contributed by atoms with Gasteiger partial charge in [-0.15, -0.1) is 0 Å². The predicted octanol–water partition coefficient (Wildman–Crippen LogP) is 3.13. The van der Waals surface area contributed by atoms with Gasteiger partial charge in [-0.05, 0) is 49.2 Å². The van der Waals surface area contributed by atoms with Gasteiger partial charge in [-0.2, -0.15) is 0 Å². The summed E-state index contributed by atoms with van der Waals surface area (Å²) >= 11 is 0. The van der Waals surface area contributed by atoms with Crippen LogP contribution in [0.3, 0.4) is 0 Å². The van der Waals surface area contributed by atoms with Crippen molar-refractivity contribution in [2.24, 2.45) is 0 Å². The summed E-state index contributed by atoms with van der Waals surface area (Å²) in [6, 6.07) is 11.3. The van der Waals surface area contributed by atoms with E-state index in [9.17, 15) is 9.59 Å². The first-order valence-corrected chi connectivity index (χ1v) is 9.23. The fourth-order valence-corrected chi connectivity index (χ4v) is 3.50. The standard InChI is InChI=1S/C22H22N2O4/c1-13-8-16-15(12-27-19(16)9-14(13)2)10-21(25)24-11-20(22(26)23-3)28-18-7-5-4-6-17(18)24/h4-9,12,20H,10-11H2,1-3H3,(H,23,26). The van der Waals surface area contributed by atoms with Crippen LogP contribution in [0.2, 0.25) is 0 Å². The Balaban J connectivity index is 1.66. The summed E-state index contributed by atoms with van der Waals surface area (Å²) in [4.78, 5) is 26.9. The molecule has 2 aromatic carbocycles. The van der Waals surface area contributed by atoms with E-state index in [1.807, 2.05) is 38.1 Å². The molecule has 1 aliphatic heterocycles. The van der Waals surface area contributed by atoms with Crippen molar-refractivity contribution in [1.82, 2.24) is 5.32 Å². The number of ether oxygens (including phenoxy) is 1. The van der Waals surface area contributed by atoms with Crippen molar-refractivity contribution in [3.63, 3.8) is 0 Å². The first-order chi connectivity index (χ1) is 13.5. The minimum Gasteiger partial charge on any atom is -0.477 e. The van der Waals surface area contributed by atoms with Crippen molar-refractivity contribution in [1.29, 1.82) is 0 Å². The van der Waals surface area contributed by atoms with Gasteiger partial charge in [-0.25, -0.2) is 0 Å². The van der Waals surface area contributed by atoms with E-state index in [1.165, 1.54) is 0 Å². The lowest BCUT2D eigenvalue weighted by molar-refractivity contribution is -0.127. The summed E-state index contributed by atoms with van der Waals surface area (Å²) in [5.41, 5.74) is 4.59. The smallest absolute Gasteiger partial charge is 0.262 e. The number of rotatable bonds is 3. The monoisotopic (exact) mass is 378 g/mol. The summed E-state index contributed by atoms with van der Waals surface area (Å²) < 4.78 is 11.4. The molecule has 6 nitrogen and oxygen atoms in total. The highest BCUT2D eigenvalue weighted by molar-refractivity contribution is 6.00. The molecule has 1 aromatic heterocycles. The Morgan fingerprint density at radius 2 is 1.93 bits per heavy atom. The highest BCUT2D eigenvalue weighted by atomic mass is 16.5. The van der Waals surface area contributed by atoms with Gasteiger partial charge in [0.25, 0.3) is 5.91 Å². The number of amides is 2. The molecule has 1 aliphatic rings. The maximum atomic E-state index is 13.2. The summed E-state index contributed by atoms with van der Waals surface area (Å²) in [6.07, 6.45) is 1.09. The molecule has 0 saturated carbocycles. The van der Waals surface area contributed by atoms with Crippen LogP contribution < -0.4 is 15.0 Å². The molecule has 2 amide bonds. The Bertz CT molecular complexity index is 1070. The lowest BCUT2D eigenvalue weighted by atomic mass is 10.0. The molecule has 0 aliphatic carbocycles. The van der Waals surface area contributed by atoms with E-state index in [1.54, 1.807) is 24.3 Å². The molecule has 1 N–H and O–H groups in total. The van der Waals surface area contributed by atoms with Gasteiger partial charge in [-0.1, -0.05) is 12.1 Å². The third-order valence-corrected chi connectivity index (χ3v) is 5.23. The number of hydrogen-bond donors (Lipinski definition) is 1. The van der Waals surface area contributed by atoms with Crippen LogP contribution in [0.15, 0.2) is 47.1 Å². The molecule has 0 saturated heterocycles. The van der Waals surface area contributed by atoms with Crippen LogP contribution in [-0.2, 0) is 16.0 Å². The summed E-state index contributed by atoms with van der Waals surface area (Å²) in [5.74, 6) is 0.164. The number of carbonyl (C=O) groups excluding carboxylic acids is 2. The maximum Gasteiger partial charge on any atom is 0.262 e. The van der Waals surface area contributed by atoms with E-state index in [2.05, 4.69) is 11.4 Å². The zero-order valence-electron chi connectivity index (χ0n) is 16.1. The first kappa shape index (κ1) is 18.1. The normalized spacial score (nSPS) is 15.8. The van der Waals surface area contributed by atoms with Crippen molar-refractivity contribution >= 4 is 28.5 Å². The minimum absolute atomic E-state index is 0.106. The molecule has 0 radical (unpaired) electrons. The fourth-order valence-electron chi connectivity index (χ4n) is 3.50. The third-order valence-electron chi connectivity index (χ3n) is 5.23. The molecule has 3 aromatic rings. The highest BCUT2D eigenvalue weighted by Crippen LogP contribution is 2.34. The number of anilines is 1. The molecule has 4 rings (SSSR count). The first-order valence-electron chi connectivity index (χ1n) is 9.23. The average molecular weight is 378 g/mol. The van der Waals surface area contributed by atoms with Crippen LogP contribution in [0.25, 0.3) is 11.0 Å². The second-order valence-corrected chi connectivity index (χ2v) is 7.06. The van der Waals surface area contributed by atoms with Crippen molar-refractivity contribution in [2.45, 2.75) is 26.4 Å². The minimum atomic E-state index is -0.741. The van der Waals surface area contributed by atoms with Crippen LogP contribution >= 0.6 is 0 Å². The van der Waals surface area contributed by atoms with E-state index in [0.29, 0.717) is 11.4 Å². The van der Waals surface area contributed by atoms with Crippen molar-refractivity contribution in [3.8, 4) is 5.75 Å². The molecule has 1 unspecified atom stereocenters. The molecular weight excluding hydrogens is 356 g/mol. The van der Waals surface area contributed by atoms with Gasteiger partial charge < -0.3 is 19.4 Å². The van der Waals surface area contributed by atoms with E-state index in [4.69, 9.17) is 9.15 Å². The van der Waals surface area contributed by atoms with Crippen molar-refractivity contribution < 1.29 is 18.7 Å². The second-order valence-electron chi connectivity index (χ2n) is 7.06. The summed E-state index contributed by atoms with van der Waals surface area (Å²) in [6.45, 7) is 4.24. The fraction of sp³-hybridized carbons (Fsp3) is 0.273. The van der Waals surface area contributed by atoms with Gasteiger partial charge >= 0.3 is 0 Å². The summed E-state index contributed by atoms with van der Waals surface area (Å²) in [7, 11) is 1.56. The second kappa shape index (κ2) is 7.03. The molecule has 28 heavy (non-hydrogen) atoms. The Kier molecular flexibility index (Phi) is 4.55. The zero-order valence-corrected chi connectivity index (χ0v) is 16.1. The van der Waals surface area contributed by atoms with Crippen molar-refractivity contribution in [3.05, 3.63) is 59.4 Å². The van der Waals surface area contributed by atoms with Crippen LogP contribution in [0.4, 0.5) is 5.69 Å². The topological polar surface area (TPSA) is 71.8 Å². The number of carbonyl (C=O) groups is 2. The number of likely N-dealkylation sites (N-methyl/N-ethyl adjacent to an activating group) is 1. The SMILES string of the molecule is CNC(=O)C1CN(C(=O)Cc2coc3cc(C)c(C)cc23)c2ccccc2O1. The molecule has 0 fully saturated rings. The molecule has 144 valence electrons. The number of nitrogens with zero attached hydrogens (tertiary/aromatic N) is 1. The van der Waals surface area contributed by atoms with Gasteiger partial charge in [0, 0.05) is 18.0 Å². The number of fused-ring (bicyclic) bond motifs is 2. The lowest BCUT2D eigenvalue weighted by Crippen LogP contribution is -2.50. The van der Waals surface area contributed by atoms with Gasteiger partial charge in [-0.3, -0.25) is 9.59 Å². The van der Waals surface area contributed by atoms with Crippen LogP contribution in [-0.4, -0.2) is 31.5 Å². The maximum absolute atomic E-state index is 13.2. The van der Waals surface area contributed by atoms with E-state index >= 15 is 0 Å². The Morgan fingerprint density at radius 3 is 2.71 bits per heavy atom. The number of aryl methyl sites for hydroxylation is 2. The highest BCUT2D eigenvalue weighted by Gasteiger charge is 2.33. The Morgan fingerprint density at radius 1 is 1.18 bits per heavy atom. The van der Waals surface area contributed by atoms with E-state index in [0.717, 1.165) is 27.7 Å². The van der Waals surface area contributed by atoms with E-state index < -0.39 is 6.10 Å². The van der Waals surface area contributed by atoms with Crippen LogP contribution in [0.5, 0.6) is 5.75 Å². The third kappa shape index (κ3) is 3.11. The molecular formula is C22H22N2O4. The Labute approximate surface area is 163 Å².